The number of halogens is 4. The topological polar surface area (TPSA) is 145 Å². The molecule has 1 saturated heterocycles. The first kappa shape index (κ1) is 29.4. The number of rotatable bonds is 6. The zero-order valence-corrected chi connectivity index (χ0v) is 22.1. The van der Waals surface area contributed by atoms with Crippen LogP contribution in [-0.4, -0.2) is 66.3 Å². The summed E-state index contributed by atoms with van der Waals surface area (Å²) in [6.07, 6.45) is -4.67. The van der Waals surface area contributed by atoms with Gasteiger partial charge in [0.2, 0.25) is 5.91 Å². The first-order chi connectivity index (χ1) is 17.6. The number of nitrogens with zero attached hydrogens (tertiary/aromatic N) is 2. The van der Waals surface area contributed by atoms with Crippen LogP contribution in [0.5, 0.6) is 0 Å². The highest BCUT2D eigenvalue weighted by Crippen LogP contribution is 2.34. The summed E-state index contributed by atoms with van der Waals surface area (Å²) < 4.78 is 60.3. The predicted octanol–water partition coefficient (Wildman–Crippen LogP) is 3.89. The van der Waals surface area contributed by atoms with Gasteiger partial charge in [-0.15, -0.1) is 11.3 Å². The fourth-order valence-corrected chi connectivity index (χ4v) is 6.79. The molecule has 1 aliphatic heterocycles. The average Bonchev–Trinajstić information content (AvgIpc) is 3.42. The third kappa shape index (κ3) is 6.62. The first-order valence-corrected chi connectivity index (χ1v) is 13.4. The number of nitrogens with one attached hydrogen (secondary N) is 1. The van der Waals surface area contributed by atoms with Crippen molar-refractivity contribution >= 4 is 60.8 Å². The van der Waals surface area contributed by atoms with E-state index in [0.717, 1.165) is 27.0 Å². The Balaban J connectivity index is 0.000000505. The predicted molar refractivity (Wildman–Crippen MR) is 137 cm³/mol. The van der Waals surface area contributed by atoms with Crippen LogP contribution in [0.1, 0.15) is 17.5 Å². The molecular weight excluding hydrogens is 569 g/mol. The lowest BCUT2D eigenvalue weighted by Gasteiger charge is -2.23. The number of nitrogens with two attached hydrogens (primary N) is 1. The van der Waals surface area contributed by atoms with Crippen molar-refractivity contribution in [1.29, 1.82) is 5.41 Å². The molecule has 1 amide bonds. The average molecular weight is 591 g/mol. The van der Waals surface area contributed by atoms with Crippen molar-refractivity contribution in [1.82, 2.24) is 9.21 Å². The Morgan fingerprint density at radius 3 is 2.53 bits per heavy atom. The van der Waals surface area contributed by atoms with E-state index in [1.807, 2.05) is 6.07 Å². The molecule has 2 aromatic carbocycles. The number of aliphatic carboxylic acids is 1. The molecule has 0 radical (unpaired) electrons. The number of nitrogen functional groups attached to an aromatic ring is 1. The van der Waals surface area contributed by atoms with E-state index in [2.05, 4.69) is 0 Å². The molecule has 0 bridgehead atoms. The van der Waals surface area contributed by atoms with Gasteiger partial charge in [-0.2, -0.15) is 17.5 Å². The maximum atomic E-state index is 13.2. The number of carbonyl (C=O) groups excluding carboxylic acids is 1. The lowest BCUT2D eigenvalue weighted by molar-refractivity contribution is -0.192. The number of amidine groups is 1. The molecule has 1 aromatic heterocycles. The van der Waals surface area contributed by atoms with E-state index in [0.29, 0.717) is 30.1 Å². The van der Waals surface area contributed by atoms with Gasteiger partial charge >= 0.3 is 12.1 Å². The van der Waals surface area contributed by atoms with E-state index >= 15 is 0 Å². The maximum absolute atomic E-state index is 13.2. The van der Waals surface area contributed by atoms with Gasteiger partial charge in [0, 0.05) is 35.4 Å². The minimum Gasteiger partial charge on any atom is -0.475 e. The minimum atomic E-state index is -5.08. The van der Waals surface area contributed by atoms with Gasteiger partial charge in [-0.05, 0) is 47.7 Å². The van der Waals surface area contributed by atoms with Gasteiger partial charge in [0.1, 0.15) is 16.1 Å². The highest BCUT2D eigenvalue weighted by molar-refractivity contribution is 7.91. The van der Waals surface area contributed by atoms with Gasteiger partial charge < -0.3 is 15.7 Å². The Kier molecular flexibility index (Phi) is 8.71. The summed E-state index contributed by atoms with van der Waals surface area (Å²) in [5.41, 5.74) is 6.97. The number of likely N-dealkylation sites (tertiary alicyclic amines) is 1. The van der Waals surface area contributed by atoms with E-state index in [1.54, 1.807) is 47.4 Å². The quantitative estimate of drug-likeness (QED) is 0.293. The standard InChI is InChI=1S/C21H21ClN4O3S2.C2HF3O2/c1-25(31(28,29)19-11-15-10-16(22)5-6-18(15)30-19)17-7-8-26(21(17)27)12-13-3-2-4-14(9-13)20(23)24;3-2(4,5)1(6)7/h2-6,9-11,17H,7-8,12H2,1H3,(H3,23,24);(H,6,7). The number of alkyl halides is 3. The molecule has 1 fully saturated rings. The van der Waals surface area contributed by atoms with Crippen molar-refractivity contribution in [3.8, 4) is 0 Å². The third-order valence-corrected chi connectivity index (χ3v) is 9.32. The highest BCUT2D eigenvalue weighted by Gasteiger charge is 2.40. The Labute approximate surface area is 224 Å². The van der Waals surface area contributed by atoms with Crippen LogP contribution >= 0.6 is 22.9 Å². The monoisotopic (exact) mass is 590 g/mol. The normalized spacial score (nSPS) is 16.0. The molecule has 0 spiro atoms. The Bertz CT molecular complexity index is 1490. The van der Waals surface area contributed by atoms with Crippen LogP contribution in [0.3, 0.4) is 0 Å². The number of benzene rings is 2. The second kappa shape index (κ2) is 11.3. The number of amides is 1. The summed E-state index contributed by atoms with van der Waals surface area (Å²) in [6, 6.07) is 13.2. The van der Waals surface area contributed by atoms with Gasteiger partial charge in [0.05, 0.1) is 0 Å². The third-order valence-electron chi connectivity index (χ3n) is 5.65. The van der Waals surface area contributed by atoms with Gasteiger partial charge in [-0.1, -0.05) is 29.8 Å². The van der Waals surface area contributed by atoms with Crippen molar-refractivity contribution in [2.45, 2.75) is 29.4 Å². The van der Waals surface area contributed by atoms with Crippen LogP contribution in [0.4, 0.5) is 13.2 Å². The molecule has 1 atom stereocenters. The van der Waals surface area contributed by atoms with Crippen molar-refractivity contribution in [2.75, 3.05) is 13.6 Å². The van der Waals surface area contributed by atoms with E-state index in [-0.39, 0.29) is 16.0 Å². The largest absolute Gasteiger partial charge is 0.490 e. The molecule has 0 aliphatic carbocycles. The van der Waals surface area contributed by atoms with Crippen molar-refractivity contribution in [3.63, 3.8) is 0 Å². The molecule has 9 nitrogen and oxygen atoms in total. The van der Waals surface area contributed by atoms with Gasteiger partial charge in [-0.3, -0.25) is 10.2 Å². The minimum absolute atomic E-state index is 0.0390. The number of thiophene rings is 1. The summed E-state index contributed by atoms with van der Waals surface area (Å²) in [5.74, 6) is -3.03. The molecule has 3 aromatic rings. The number of hydrogen-bond donors (Lipinski definition) is 3. The first-order valence-electron chi connectivity index (χ1n) is 10.8. The SMILES string of the molecule is CN(C1CCN(Cc2cccc(C(=N)N)c2)C1=O)S(=O)(=O)c1cc2cc(Cl)ccc2s1.O=C(O)C(F)(F)F. The summed E-state index contributed by atoms with van der Waals surface area (Å²) in [7, 11) is -2.37. The lowest BCUT2D eigenvalue weighted by Crippen LogP contribution is -2.42. The zero-order chi connectivity index (χ0) is 28.4. The van der Waals surface area contributed by atoms with Gasteiger partial charge in [0.15, 0.2) is 0 Å². The van der Waals surface area contributed by atoms with Crippen molar-refractivity contribution < 1.29 is 36.3 Å². The van der Waals surface area contributed by atoms with E-state index < -0.39 is 28.2 Å². The van der Waals surface area contributed by atoms with Crippen LogP contribution in [0, 0.1) is 5.41 Å². The second-order valence-corrected chi connectivity index (χ2v) is 12.0. The van der Waals surface area contributed by atoms with Crippen molar-refractivity contribution in [2.24, 2.45) is 5.73 Å². The number of carbonyl (C=O) groups is 2. The van der Waals surface area contributed by atoms with Crippen LogP contribution in [-0.2, 0) is 26.2 Å². The van der Waals surface area contributed by atoms with E-state index in [1.165, 1.54) is 11.4 Å². The lowest BCUT2D eigenvalue weighted by atomic mass is 10.1. The van der Waals surface area contributed by atoms with Gasteiger partial charge in [0.25, 0.3) is 10.0 Å². The molecule has 1 aliphatic rings. The van der Waals surface area contributed by atoms with Crippen LogP contribution in [0.25, 0.3) is 10.1 Å². The molecule has 0 saturated carbocycles. The summed E-state index contributed by atoms with van der Waals surface area (Å²) >= 11 is 7.18. The number of sulfonamides is 1. The molecule has 204 valence electrons. The molecule has 4 N–H and O–H groups in total. The molecule has 1 unspecified atom stereocenters. The molecule has 2 heterocycles. The summed E-state index contributed by atoms with van der Waals surface area (Å²) in [4.78, 5) is 23.5. The highest BCUT2D eigenvalue weighted by atomic mass is 35.5. The number of fused-ring (bicyclic) bond motifs is 1. The van der Waals surface area contributed by atoms with Gasteiger partial charge in [-0.25, -0.2) is 13.2 Å². The van der Waals surface area contributed by atoms with E-state index in [4.69, 9.17) is 32.6 Å². The smallest absolute Gasteiger partial charge is 0.475 e. The molecular formula is C23H22ClF3N4O5S2. The molecule has 38 heavy (non-hydrogen) atoms. The maximum Gasteiger partial charge on any atom is 0.490 e. The summed E-state index contributed by atoms with van der Waals surface area (Å²) in [6.45, 7) is 0.793. The second-order valence-electron chi connectivity index (χ2n) is 8.25. The van der Waals surface area contributed by atoms with Crippen LogP contribution < -0.4 is 5.73 Å². The fraction of sp³-hybridized carbons (Fsp3) is 0.261. The van der Waals surface area contributed by atoms with Crippen LogP contribution in [0.2, 0.25) is 5.02 Å². The van der Waals surface area contributed by atoms with Crippen molar-refractivity contribution in [3.05, 3.63) is 64.7 Å². The number of hydrogen-bond acceptors (Lipinski definition) is 6. The Morgan fingerprint density at radius 1 is 1.26 bits per heavy atom. The number of carboxylic acids is 1. The molecule has 15 heteroatoms. The Hall–Kier alpha value is -3.20. The fourth-order valence-electron chi connectivity index (χ4n) is 3.70. The summed E-state index contributed by atoms with van der Waals surface area (Å²) in [5, 5.41) is 16.0. The number of likely N-dealkylation sites (N-methyl/N-ethyl adjacent to an activating group) is 1. The van der Waals surface area contributed by atoms with E-state index in [9.17, 15) is 26.4 Å². The number of carboxylic acid groups (broad SMARTS) is 1. The van der Waals surface area contributed by atoms with Crippen LogP contribution in [0.15, 0.2) is 52.7 Å². The Morgan fingerprint density at radius 2 is 1.92 bits per heavy atom. The molecule has 4 rings (SSSR count). The zero-order valence-electron chi connectivity index (χ0n) is 19.7.